The van der Waals surface area contributed by atoms with Crippen LogP contribution in [0.5, 0.6) is 5.75 Å². The van der Waals surface area contributed by atoms with Crippen molar-refractivity contribution < 1.29 is 38.6 Å². The molecule has 2 aromatic heterocycles. The number of aromatic nitrogens is 2. The molecule has 6 bridgehead atoms. The number of phenols is 1. The number of benzene rings is 2. The van der Waals surface area contributed by atoms with Gasteiger partial charge in [-0.15, -0.1) is 0 Å². The van der Waals surface area contributed by atoms with Crippen molar-refractivity contribution >= 4 is 40.5 Å². The highest BCUT2D eigenvalue weighted by Crippen LogP contribution is 2.42. The van der Waals surface area contributed by atoms with Crippen molar-refractivity contribution in [2.24, 2.45) is 11.3 Å². The number of hydrazine groups is 1. The molecule has 4 amide bonds. The third kappa shape index (κ3) is 9.72. The summed E-state index contributed by atoms with van der Waals surface area (Å²) in [5.41, 5.74) is 9.54. The molecule has 4 aromatic rings. The third-order valence-corrected chi connectivity index (χ3v) is 14.3. The first-order valence-corrected chi connectivity index (χ1v) is 24.2. The monoisotopic (exact) mass is 933 g/mol. The first kappa shape index (κ1) is 48.6. The summed E-state index contributed by atoms with van der Waals surface area (Å²) >= 11 is 0. The highest BCUT2D eigenvalue weighted by Gasteiger charge is 2.47. The lowest BCUT2D eigenvalue weighted by molar-refractivity contribution is -0.155. The number of fused-ring (bicyclic) bond motifs is 6. The molecule has 0 saturated carbocycles. The van der Waals surface area contributed by atoms with Gasteiger partial charge in [0.2, 0.25) is 17.7 Å². The van der Waals surface area contributed by atoms with Gasteiger partial charge in [0.05, 0.1) is 30.1 Å². The van der Waals surface area contributed by atoms with Crippen LogP contribution >= 0.6 is 0 Å². The van der Waals surface area contributed by atoms with Crippen LogP contribution in [0.3, 0.4) is 0 Å². The molecular weight excluding hydrogens is 865 g/mol. The van der Waals surface area contributed by atoms with Gasteiger partial charge in [0.25, 0.3) is 5.91 Å². The van der Waals surface area contributed by atoms with Gasteiger partial charge in [0.15, 0.2) is 0 Å². The fourth-order valence-electron chi connectivity index (χ4n) is 10.6. The number of rotatable bonds is 10. The van der Waals surface area contributed by atoms with Gasteiger partial charge >= 0.3 is 5.97 Å². The molecule has 3 saturated heterocycles. The number of methoxy groups -OCH3 is 1. The summed E-state index contributed by atoms with van der Waals surface area (Å²) in [6, 6.07) is 11.4. The number of ether oxygens (including phenoxy) is 2. The van der Waals surface area contributed by atoms with E-state index in [2.05, 4.69) is 59.6 Å². The van der Waals surface area contributed by atoms with E-state index in [0.29, 0.717) is 56.3 Å². The van der Waals surface area contributed by atoms with E-state index in [-0.39, 0.29) is 61.2 Å². The third-order valence-electron chi connectivity index (χ3n) is 14.3. The van der Waals surface area contributed by atoms with Gasteiger partial charge in [-0.25, -0.2) is 5.43 Å². The number of pyridine rings is 1. The molecule has 4 aliphatic heterocycles. The highest BCUT2D eigenvalue weighted by atomic mass is 16.5. The molecule has 7 atom stereocenters. The maximum absolute atomic E-state index is 14.8. The van der Waals surface area contributed by atoms with E-state index >= 15 is 0 Å². The number of nitrogens with zero attached hydrogens (tertiary/aromatic N) is 5. The van der Waals surface area contributed by atoms with Crippen molar-refractivity contribution in [3.63, 3.8) is 0 Å². The second-order valence-electron chi connectivity index (χ2n) is 20.3. The van der Waals surface area contributed by atoms with Crippen LogP contribution in [0.25, 0.3) is 33.3 Å². The molecular formula is C52H68N8O8. The number of carbonyl (C=O) groups excluding carboxylic acids is 5. The molecule has 3 fully saturated rings. The lowest BCUT2D eigenvalue weighted by atomic mass is 9.84. The van der Waals surface area contributed by atoms with Crippen LogP contribution in [-0.2, 0) is 52.8 Å². The first-order valence-electron chi connectivity index (χ1n) is 24.2. The number of cyclic esters (lactones) is 1. The number of hydrogen-bond donors (Lipinski definition) is 4. The molecule has 4 aliphatic rings. The van der Waals surface area contributed by atoms with Crippen molar-refractivity contribution in [3.8, 4) is 28.1 Å². The molecule has 364 valence electrons. The fourth-order valence-corrected chi connectivity index (χ4v) is 10.6. The van der Waals surface area contributed by atoms with Crippen molar-refractivity contribution in [2.75, 3.05) is 33.9 Å². The summed E-state index contributed by atoms with van der Waals surface area (Å²) in [4.78, 5) is 78.9. The predicted molar refractivity (Wildman–Crippen MR) is 258 cm³/mol. The van der Waals surface area contributed by atoms with Crippen molar-refractivity contribution in [2.45, 2.75) is 136 Å². The van der Waals surface area contributed by atoms with Gasteiger partial charge in [-0.1, -0.05) is 39.8 Å². The van der Waals surface area contributed by atoms with Crippen LogP contribution < -0.4 is 16.1 Å². The summed E-state index contributed by atoms with van der Waals surface area (Å²) in [6.45, 7) is 15.5. The van der Waals surface area contributed by atoms with Gasteiger partial charge < -0.3 is 39.6 Å². The Morgan fingerprint density at radius 3 is 2.53 bits per heavy atom. The number of aryl methyl sites for hydroxylation is 1. The molecule has 16 nitrogen and oxygen atoms in total. The van der Waals surface area contributed by atoms with Crippen molar-refractivity contribution in [1.29, 1.82) is 0 Å². The Morgan fingerprint density at radius 2 is 1.82 bits per heavy atom. The normalized spacial score (nSPS) is 23.8. The number of carbonyl (C=O) groups is 5. The van der Waals surface area contributed by atoms with Crippen molar-refractivity contribution in [1.82, 2.24) is 40.4 Å². The van der Waals surface area contributed by atoms with Gasteiger partial charge in [0, 0.05) is 74.3 Å². The Hall–Kier alpha value is -5.84. The number of nitrogens with one attached hydrogen (secondary N) is 3. The van der Waals surface area contributed by atoms with Gasteiger partial charge in [-0.3, -0.25) is 34.0 Å². The number of aromatic hydroxyl groups is 1. The van der Waals surface area contributed by atoms with Crippen LogP contribution in [-0.4, -0.2) is 129 Å². The molecule has 6 heterocycles. The average molecular weight is 933 g/mol. The SMILES string of the molecule is CCn1c(-c2cccnc2[C@H](C)OC)c2c3cc(ccc31)-c1cc(O)cc(c1)C[C@H](NC(=O)[C@H](C(C)C)N(C)C(=O)[C@H]1CC[C@@H](C)N1C(=O)[C@H]1CN1)C(=O)N1CCC[C@H](N1)C(=O)OCC(C)(C)C2. The van der Waals surface area contributed by atoms with Crippen LogP contribution in [0.2, 0.25) is 0 Å². The van der Waals surface area contributed by atoms with E-state index in [4.69, 9.17) is 14.5 Å². The summed E-state index contributed by atoms with van der Waals surface area (Å²) in [6.07, 6.45) is 4.11. The highest BCUT2D eigenvalue weighted by molar-refractivity contribution is 5.97. The number of amides is 4. The van der Waals surface area contributed by atoms with Crippen LogP contribution in [0.1, 0.15) is 97.1 Å². The summed E-state index contributed by atoms with van der Waals surface area (Å²) in [5, 5.41) is 19.8. The topological polar surface area (TPSA) is 198 Å². The maximum atomic E-state index is 14.8. The molecule has 0 aliphatic carbocycles. The summed E-state index contributed by atoms with van der Waals surface area (Å²) in [5.74, 6) is -2.32. The minimum Gasteiger partial charge on any atom is -0.508 e. The minimum atomic E-state index is -1.18. The minimum absolute atomic E-state index is 0.0122. The molecule has 0 radical (unpaired) electrons. The van der Waals surface area contributed by atoms with E-state index in [1.165, 1.54) is 9.91 Å². The molecule has 68 heavy (non-hydrogen) atoms. The van der Waals surface area contributed by atoms with E-state index in [0.717, 1.165) is 39.0 Å². The Bertz CT molecular complexity index is 2590. The molecule has 16 heteroatoms. The number of phenolic OH excluding ortho intramolecular Hbond substituents is 1. The number of hydrogen-bond acceptors (Lipinski definition) is 11. The van der Waals surface area contributed by atoms with Gasteiger partial charge in [0.1, 0.15) is 29.9 Å². The smallest absolute Gasteiger partial charge is 0.324 e. The lowest BCUT2D eigenvalue weighted by Crippen LogP contribution is -2.62. The second-order valence-corrected chi connectivity index (χ2v) is 20.3. The lowest BCUT2D eigenvalue weighted by Gasteiger charge is -2.37. The van der Waals surface area contributed by atoms with Crippen molar-refractivity contribution in [3.05, 3.63) is 71.5 Å². The predicted octanol–water partition coefficient (Wildman–Crippen LogP) is 5.29. The Balaban J connectivity index is 1.19. The fraction of sp³-hybridized carbons (Fsp3) is 0.538. The van der Waals surface area contributed by atoms with E-state index in [1.54, 1.807) is 37.4 Å². The number of esters is 1. The zero-order valence-electron chi connectivity index (χ0n) is 40.9. The van der Waals surface area contributed by atoms with Crippen LogP contribution in [0, 0.1) is 11.3 Å². The van der Waals surface area contributed by atoms with E-state index in [1.807, 2.05) is 45.9 Å². The molecule has 0 spiro atoms. The van der Waals surface area contributed by atoms with Crippen LogP contribution in [0.15, 0.2) is 54.7 Å². The molecule has 2 aromatic carbocycles. The van der Waals surface area contributed by atoms with E-state index < -0.39 is 47.4 Å². The molecule has 4 N–H and O–H groups in total. The quantitative estimate of drug-likeness (QED) is 0.119. The number of likely N-dealkylation sites (tertiary alicyclic amines) is 1. The Morgan fingerprint density at radius 1 is 1.06 bits per heavy atom. The molecule has 8 rings (SSSR count). The van der Waals surface area contributed by atoms with Crippen LogP contribution in [0.4, 0.5) is 0 Å². The second kappa shape index (κ2) is 19.6. The summed E-state index contributed by atoms with van der Waals surface area (Å²) in [7, 11) is 3.26. The van der Waals surface area contributed by atoms with E-state index in [9.17, 15) is 29.1 Å². The largest absolute Gasteiger partial charge is 0.508 e. The average Bonchev–Trinajstić information content (AvgIpc) is 4.04. The summed E-state index contributed by atoms with van der Waals surface area (Å²) < 4.78 is 14.2. The standard InChI is InChI=1S/C52H68N8O8/c1-10-58-42-18-16-33-25-37(42)38(46(58)36-13-11-19-53-44(36)31(5)67-9)26-52(6,7)28-68-51(66)39-14-12-20-59(56-39)48(63)40(23-32-21-34(33)24-35(61)22-32)55-47(62)45(29(2)3)57(8)50(65)43-17-15-30(4)60(43)49(64)41-27-54-41/h11,13,16,18-19,21-22,24-25,29-31,39-41,43,45,54,56,61H,10,12,14-15,17,20,23,26-28H2,1-9H3,(H,55,62)/t30-,31+,39+,40+,41-,43-,45+/m1/s1. The maximum Gasteiger partial charge on any atom is 0.324 e. The molecule has 0 unspecified atom stereocenters. The first-order chi connectivity index (χ1) is 32.4. The Kier molecular flexibility index (Phi) is 14.0. The zero-order valence-corrected chi connectivity index (χ0v) is 40.9. The van der Waals surface area contributed by atoms with Gasteiger partial charge in [-0.05, 0) is 117 Å². The zero-order chi connectivity index (χ0) is 48.8. The van der Waals surface area contributed by atoms with Gasteiger partial charge in [-0.2, -0.15) is 0 Å². The Labute approximate surface area is 399 Å². The number of likely N-dealkylation sites (N-methyl/N-ethyl adjacent to an activating group) is 1.